The van der Waals surface area contributed by atoms with Gasteiger partial charge in [0.15, 0.2) is 0 Å². The first kappa shape index (κ1) is 12.9. The molecule has 0 saturated heterocycles. The Balaban J connectivity index is 1.45. The molecule has 3 fully saturated rings. The number of rotatable bonds is 5. The zero-order valence-corrected chi connectivity index (χ0v) is 12.4. The fourth-order valence-corrected chi connectivity index (χ4v) is 4.99. The summed E-state index contributed by atoms with van der Waals surface area (Å²) < 4.78 is 0. The lowest BCUT2D eigenvalue weighted by atomic mass is 9.79. The van der Waals surface area contributed by atoms with Crippen molar-refractivity contribution < 1.29 is 0 Å². The summed E-state index contributed by atoms with van der Waals surface area (Å²) >= 11 is 0. The van der Waals surface area contributed by atoms with Crippen LogP contribution in [0.4, 0.5) is 0 Å². The molecule has 5 unspecified atom stereocenters. The van der Waals surface area contributed by atoms with Crippen LogP contribution in [-0.4, -0.2) is 37.1 Å². The zero-order chi connectivity index (χ0) is 12.7. The first-order valence-electron chi connectivity index (χ1n) is 8.10. The normalized spacial score (nSPS) is 42.2. The van der Waals surface area contributed by atoms with Crippen molar-refractivity contribution in [3.8, 4) is 0 Å². The van der Waals surface area contributed by atoms with Gasteiger partial charge in [-0.25, -0.2) is 0 Å². The van der Waals surface area contributed by atoms with Gasteiger partial charge in [-0.2, -0.15) is 0 Å². The van der Waals surface area contributed by atoms with Gasteiger partial charge in [0.25, 0.3) is 0 Å². The fraction of sp³-hybridized carbons (Fsp3) is 1.00. The van der Waals surface area contributed by atoms with E-state index in [2.05, 4.69) is 31.1 Å². The van der Waals surface area contributed by atoms with E-state index in [4.69, 9.17) is 0 Å². The van der Waals surface area contributed by atoms with Crippen LogP contribution < -0.4 is 5.32 Å². The molecule has 2 heteroatoms. The monoisotopic (exact) mass is 250 g/mol. The van der Waals surface area contributed by atoms with Gasteiger partial charge in [-0.3, -0.25) is 0 Å². The molecule has 5 atom stereocenters. The van der Waals surface area contributed by atoms with Gasteiger partial charge in [0, 0.05) is 25.2 Å². The summed E-state index contributed by atoms with van der Waals surface area (Å²) in [5.41, 5.74) is 0. The van der Waals surface area contributed by atoms with E-state index in [-0.39, 0.29) is 0 Å². The maximum Gasteiger partial charge on any atom is 0.0107 e. The molecule has 3 aliphatic carbocycles. The highest BCUT2D eigenvalue weighted by Crippen LogP contribution is 2.58. The SMILES string of the molecule is CC(C)N(C)CCNC1CC2CC1C1CCCC21. The lowest BCUT2D eigenvalue weighted by Crippen LogP contribution is -2.43. The van der Waals surface area contributed by atoms with Gasteiger partial charge < -0.3 is 10.2 Å². The number of nitrogens with zero attached hydrogens (tertiary/aromatic N) is 1. The van der Waals surface area contributed by atoms with Gasteiger partial charge in [0.2, 0.25) is 0 Å². The highest BCUT2D eigenvalue weighted by molar-refractivity contribution is 5.05. The van der Waals surface area contributed by atoms with Crippen LogP contribution in [0.15, 0.2) is 0 Å². The number of nitrogens with one attached hydrogen (secondary N) is 1. The van der Waals surface area contributed by atoms with Crippen molar-refractivity contribution in [3.05, 3.63) is 0 Å². The predicted octanol–water partition coefficient (Wildman–Crippen LogP) is 2.74. The van der Waals surface area contributed by atoms with Gasteiger partial charge in [0.1, 0.15) is 0 Å². The van der Waals surface area contributed by atoms with Crippen LogP contribution in [0.1, 0.15) is 46.0 Å². The Hall–Kier alpha value is -0.0800. The molecule has 2 bridgehead atoms. The third kappa shape index (κ3) is 2.22. The Labute approximate surface area is 113 Å². The summed E-state index contributed by atoms with van der Waals surface area (Å²) in [6.07, 6.45) is 7.64. The van der Waals surface area contributed by atoms with Crippen molar-refractivity contribution in [1.29, 1.82) is 0 Å². The molecular weight excluding hydrogens is 220 g/mol. The second kappa shape index (κ2) is 5.13. The Morgan fingerprint density at radius 3 is 2.67 bits per heavy atom. The average molecular weight is 250 g/mol. The van der Waals surface area contributed by atoms with Crippen molar-refractivity contribution in [2.45, 2.75) is 58.0 Å². The smallest absolute Gasteiger partial charge is 0.0107 e. The largest absolute Gasteiger partial charge is 0.312 e. The molecule has 0 radical (unpaired) electrons. The van der Waals surface area contributed by atoms with Crippen molar-refractivity contribution >= 4 is 0 Å². The van der Waals surface area contributed by atoms with Gasteiger partial charge >= 0.3 is 0 Å². The zero-order valence-electron chi connectivity index (χ0n) is 12.4. The molecule has 0 aromatic rings. The molecule has 3 rings (SSSR count). The lowest BCUT2D eigenvalue weighted by molar-refractivity contribution is 0.199. The number of likely N-dealkylation sites (N-methyl/N-ethyl adjacent to an activating group) is 1. The molecule has 1 N–H and O–H groups in total. The maximum atomic E-state index is 3.87. The second-order valence-electron chi connectivity index (χ2n) is 7.29. The summed E-state index contributed by atoms with van der Waals surface area (Å²) in [6, 6.07) is 1.53. The highest BCUT2D eigenvalue weighted by Gasteiger charge is 2.53. The summed E-state index contributed by atoms with van der Waals surface area (Å²) in [5.74, 6) is 4.35. The van der Waals surface area contributed by atoms with Crippen LogP contribution in [0.3, 0.4) is 0 Å². The fourth-order valence-electron chi connectivity index (χ4n) is 4.99. The predicted molar refractivity (Wildman–Crippen MR) is 76.6 cm³/mol. The quantitative estimate of drug-likeness (QED) is 0.807. The standard InChI is InChI=1S/C16H30N2/c1-11(2)18(3)8-7-17-16-10-12-9-15(16)14-6-4-5-13(12)14/h11-17H,4-10H2,1-3H3. The van der Waals surface area contributed by atoms with Crippen LogP contribution >= 0.6 is 0 Å². The van der Waals surface area contributed by atoms with E-state index in [9.17, 15) is 0 Å². The summed E-state index contributed by atoms with van der Waals surface area (Å²) in [6.45, 7) is 6.93. The molecule has 0 aliphatic heterocycles. The van der Waals surface area contributed by atoms with Crippen LogP contribution in [-0.2, 0) is 0 Å². The van der Waals surface area contributed by atoms with E-state index in [1.165, 1.54) is 32.4 Å². The van der Waals surface area contributed by atoms with Crippen molar-refractivity contribution in [2.75, 3.05) is 20.1 Å². The molecule has 2 nitrogen and oxygen atoms in total. The van der Waals surface area contributed by atoms with E-state index in [1.54, 1.807) is 12.8 Å². The van der Waals surface area contributed by atoms with Crippen LogP contribution in [0.25, 0.3) is 0 Å². The molecule has 0 amide bonds. The third-order valence-corrected chi connectivity index (χ3v) is 6.18. The van der Waals surface area contributed by atoms with Crippen molar-refractivity contribution in [3.63, 3.8) is 0 Å². The number of fused-ring (bicyclic) bond motifs is 5. The van der Waals surface area contributed by atoms with E-state index in [0.29, 0.717) is 6.04 Å². The van der Waals surface area contributed by atoms with Crippen molar-refractivity contribution in [1.82, 2.24) is 10.2 Å². The Morgan fingerprint density at radius 1 is 1.11 bits per heavy atom. The molecular formula is C16H30N2. The second-order valence-corrected chi connectivity index (χ2v) is 7.29. The van der Waals surface area contributed by atoms with Crippen molar-refractivity contribution in [2.24, 2.45) is 23.7 Å². The molecule has 3 saturated carbocycles. The number of hydrogen-bond donors (Lipinski definition) is 1. The minimum atomic E-state index is 0.672. The average Bonchev–Trinajstić information content (AvgIpc) is 3.00. The maximum absolute atomic E-state index is 3.87. The Kier molecular flexibility index (Phi) is 3.68. The molecule has 0 spiro atoms. The summed E-state index contributed by atoms with van der Waals surface area (Å²) in [5, 5.41) is 3.87. The molecule has 3 aliphatic rings. The summed E-state index contributed by atoms with van der Waals surface area (Å²) in [7, 11) is 2.24. The first-order chi connectivity index (χ1) is 8.66. The number of hydrogen-bond acceptors (Lipinski definition) is 2. The lowest BCUT2D eigenvalue weighted by Gasteiger charge is -2.33. The van der Waals surface area contributed by atoms with Gasteiger partial charge in [-0.1, -0.05) is 6.42 Å². The van der Waals surface area contributed by atoms with E-state index in [1.807, 2.05) is 0 Å². The Bertz CT molecular complexity index is 289. The molecule has 18 heavy (non-hydrogen) atoms. The Morgan fingerprint density at radius 2 is 1.89 bits per heavy atom. The molecule has 0 aromatic carbocycles. The van der Waals surface area contributed by atoms with Gasteiger partial charge in [-0.05, 0) is 70.3 Å². The topological polar surface area (TPSA) is 15.3 Å². The molecule has 104 valence electrons. The van der Waals surface area contributed by atoms with Crippen LogP contribution in [0.5, 0.6) is 0 Å². The molecule has 0 heterocycles. The summed E-state index contributed by atoms with van der Waals surface area (Å²) in [4.78, 5) is 2.44. The van der Waals surface area contributed by atoms with Gasteiger partial charge in [-0.15, -0.1) is 0 Å². The first-order valence-corrected chi connectivity index (χ1v) is 8.10. The van der Waals surface area contributed by atoms with Crippen LogP contribution in [0.2, 0.25) is 0 Å². The van der Waals surface area contributed by atoms with Gasteiger partial charge in [0.05, 0.1) is 0 Å². The minimum Gasteiger partial charge on any atom is -0.312 e. The molecule has 0 aromatic heterocycles. The minimum absolute atomic E-state index is 0.672. The van der Waals surface area contributed by atoms with E-state index >= 15 is 0 Å². The third-order valence-electron chi connectivity index (χ3n) is 6.18. The van der Waals surface area contributed by atoms with E-state index in [0.717, 1.165) is 29.7 Å². The van der Waals surface area contributed by atoms with E-state index < -0.39 is 0 Å². The highest BCUT2D eigenvalue weighted by atomic mass is 15.1. The van der Waals surface area contributed by atoms with Crippen LogP contribution in [0, 0.1) is 23.7 Å².